The summed E-state index contributed by atoms with van der Waals surface area (Å²) in [5, 5.41) is 0. The van der Waals surface area contributed by atoms with Gasteiger partial charge in [0.15, 0.2) is 0 Å². The van der Waals surface area contributed by atoms with Crippen molar-refractivity contribution in [1.29, 1.82) is 0 Å². The summed E-state index contributed by atoms with van der Waals surface area (Å²) in [6.45, 7) is 2.24. The van der Waals surface area contributed by atoms with Crippen LogP contribution in [0.2, 0.25) is 0 Å². The van der Waals surface area contributed by atoms with Crippen molar-refractivity contribution in [3.8, 4) is 0 Å². The number of nitrogen functional groups attached to an aromatic ring is 1. The maximum atomic E-state index is 13.5. The number of rotatable bonds is 2. The summed E-state index contributed by atoms with van der Waals surface area (Å²) in [6, 6.07) is 3.17. The van der Waals surface area contributed by atoms with E-state index in [-0.39, 0.29) is 5.82 Å². The van der Waals surface area contributed by atoms with Crippen molar-refractivity contribution >= 4 is 17.0 Å². The number of nitrogens with zero attached hydrogens (tertiary/aromatic N) is 4. The molecular formula is C13H14FN5. The molecule has 19 heavy (non-hydrogen) atoms. The summed E-state index contributed by atoms with van der Waals surface area (Å²) in [5.74, 6) is 0.963. The smallest absolute Gasteiger partial charge is 0.201 e. The highest BCUT2D eigenvalue weighted by Gasteiger charge is 2.12. The number of fused-ring (bicyclic) bond motifs is 1. The average Bonchev–Trinajstić information content (AvgIpc) is 2.88. The highest BCUT2D eigenvalue weighted by Crippen LogP contribution is 2.22. The number of nitrogens with two attached hydrogens (primary N) is 1. The first-order chi connectivity index (χ1) is 9.06. The molecule has 0 aliphatic heterocycles. The summed E-state index contributed by atoms with van der Waals surface area (Å²) < 4.78 is 17.3. The van der Waals surface area contributed by atoms with Crippen molar-refractivity contribution in [3.63, 3.8) is 0 Å². The zero-order valence-electron chi connectivity index (χ0n) is 10.8. The molecule has 2 aromatic heterocycles. The third-order valence-corrected chi connectivity index (χ3v) is 3.28. The van der Waals surface area contributed by atoms with Crippen LogP contribution in [0, 0.1) is 12.7 Å². The summed E-state index contributed by atoms with van der Waals surface area (Å²) in [7, 11) is 1.92. The van der Waals surface area contributed by atoms with Crippen molar-refractivity contribution in [1.82, 2.24) is 19.1 Å². The monoisotopic (exact) mass is 259 g/mol. The minimum atomic E-state index is -0.269. The fraction of sp³-hybridized carbons (Fsp3) is 0.231. The molecule has 0 radical (unpaired) electrons. The summed E-state index contributed by atoms with van der Waals surface area (Å²) in [5.41, 5.74) is 7.87. The molecule has 2 N–H and O–H groups in total. The molecule has 1 aromatic carbocycles. The lowest BCUT2D eigenvalue weighted by molar-refractivity contribution is 0.620. The number of hydrogen-bond donors (Lipinski definition) is 1. The van der Waals surface area contributed by atoms with Gasteiger partial charge in [0.25, 0.3) is 0 Å². The fourth-order valence-corrected chi connectivity index (χ4v) is 2.13. The zero-order chi connectivity index (χ0) is 13.6. The van der Waals surface area contributed by atoms with Gasteiger partial charge in [0, 0.05) is 25.5 Å². The van der Waals surface area contributed by atoms with Gasteiger partial charge in [-0.1, -0.05) is 0 Å². The largest absolute Gasteiger partial charge is 0.369 e. The van der Waals surface area contributed by atoms with E-state index in [0.29, 0.717) is 23.6 Å². The van der Waals surface area contributed by atoms with E-state index < -0.39 is 0 Å². The molecule has 0 aliphatic carbocycles. The quantitative estimate of drug-likeness (QED) is 0.764. The fourth-order valence-electron chi connectivity index (χ4n) is 2.13. The van der Waals surface area contributed by atoms with Crippen LogP contribution in [0.4, 0.5) is 10.3 Å². The Morgan fingerprint density at radius 1 is 1.37 bits per heavy atom. The van der Waals surface area contributed by atoms with Crippen LogP contribution in [0.3, 0.4) is 0 Å². The molecule has 98 valence electrons. The predicted octanol–water partition coefficient (Wildman–Crippen LogP) is 1.85. The SMILES string of the molecule is Cc1cc2c(cc1F)nc(N)n2Cc1nccn1C. The maximum Gasteiger partial charge on any atom is 0.201 e. The third-order valence-electron chi connectivity index (χ3n) is 3.28. The van der Waals surface area contributed by atoms with Crippen molar-refractivity contribution in [2.45, 2.75) is 13.5 Å². The number of imidazole rings is 2. The lowest BCUT2D eigenvalue weighted by Crippen LogP contribution is -2.08. The van der Waals surface area contributed by atoms with Crippen LogP contribution in [0.5, 0.6) is 0 Å². The standard InChI is InChI=1S/C13H14FN5/c1-8-5-11-10(6-9(8)14)17-13(15)19(11)7-12-16-3-4-18(12)2/h3-6H,7H2,1-2H3,(H2,15,17). The molecule has 0 amide bonds. The lowest BCUT2D eigenvalue weighted by Gasteiger charge is -2.07. The van der Waals surface area contributed by atoms with Gasteiger partial charge in [-0.05, 0) is 18.6 Å². The van der Waals surface area contributed by atoms with Crippen LogP contribution >= 0.6 is 0 Å². The topological polar surface area (TPSA) is 61.7 Å². The second-order valence-corrected chi connectivity index (χ2v) is 4.60. The molecule has 0 atom stereocenters. The summed E-state index contributed by atoms with van der Waals surface area (Å²) in [4.78, 5) is 8.45. The van der Waals surface area contributed by atoms with E-state index in [2.05, 4.69) is 9.97 Å². The molecule has 5 nitrogen and oxygen atoms in total. The number of aryl methyl sites for hydroxylation is 2. The van der Waals surface area contributed by atoms with Gasteiger partial charge in [-0.3, -0.25) is 0 Å². The van der Waals surface area contributed by atoms with Gasteiger partial charge in [-0.15, -0.1) is 0 Å². The van der Waals surface area contributed by atoms with Gasteiger partial charge in [0.2, 0.25) is 5.95 Å². The van der Waals surface area contributed by atoms with Crippen molar-refractivity contribution in [3.05, 3.63) is 41.7 Å². The Morgan fingerprint density at radius 3 is 2.84 bits per heavy atom. The minimum Gasteiger partial charge on any atom is -0.369 e. The van der Waals surface area contributed by atoms with Gasteiger partial charge in [-0.25, -0.2) is 14.4 Å². The number of hydrogen-bond acceptors (Lipinski definition) is 3. The molecule has 0 fully saturated rings. The van der Waals surface area contributed by atoms with Crippen LogP contribution in [0.1, 0.15) is 11.4 Å². The van der Waals surface area contributed by atoms with E-state index in [1.54, 1.807) is 19.2 Å². The van der Waals surface area contributed by atoms with Crippen LogP contribution in [0.15, 0.2) is 24.5 Å². The molecule has 2 heterocycles. The third kappa shape index (κ3) is 1.85. The molecule has 0 aliphatic rings. The van der Waals surface area contributed by atoms with Gasteiger partial charge in [0.05, 0.1) is 17.6 Å². The number of anilines is 1. The summed E-state index contributed by atoms with van der Waals surface area (Å²) >= 11 is 0. The van der Waals surface area contributed by atoms with Gasteiger partial charge >= 0.3 is 0 Å². The van der Waals surface area contributed by atoms with Crippen LogP contribution < -0.4 is 5.73 Å². The first-order valence-electron chi connectivity index (χ1n) is 5.94. The van der Waals surface area contributed by atoms with Gasteiger partial charge in [-0.2, -0.15) is 0 Å². The second-order valence-electron chi connectivity index (χ2n) is 4.60. The van der Waals surface area contributed by atoms with E-state index in [0.717, 1.165) is 11.3 Å². The molecule has 0 saturated heterocycles. The van der Waals surface area contributed by atoms with E-state index in [4.69, 9.17) is 5.73 Å². The van der Waals surface area contributed by atoms with Crippen LogP contribution in [-0.4, -0.2) is 19.1 Å². The first-order valence-corrected chi connectivity index (χ1v) is 5.94. The molecule has 0 saturated carbocycles. The van der Waals surface area contributed by atoms with Crippen LogP contribution in [-0.2, 0) is 13.6 Å². The van der Waals surface area contributed by atoms with E-state index in [1.165, 1.54) is 6.07 Å². The lowest BCUT2D eigenvalue weighted by atomic mass is 10.2. The number of benzene rings is 1. The van der Waals surface area contributed by atoms with Crippen LogP contribution in [0.25, 0.3) is 11.0 Å². The first kappa shape index (κ1) is 11.7. The Kier molecular flexibility index (Phi) is 2.51. The Bertz CT molecular complexity index is 756. The summed E-state index contributed by atoms with van der Waals surface area (Å²) in [6.07, 6.45) is 3.60. The molecular weight excluding hydrogens is 245 g/mol. The highest BCUT2D eigenvalue weighted by atomic mass is 19.1. The molecule has 0 unspecified atom stereocenters. The molecule has 3 rings (SSSR count). The Morgan fingerprint density at radius 2 is 2.16 bits per heavy atom. The van der Waals surface area contributed by atoms with Gasteiger partial charge < -0.3 is 14.9 Å². The molecule has 0 bridgehead atoms. The Hall–Kier alpha value is -2.37. The normalized spacial score (nSPS) is 11.3. The number of halogens is 1. The van der Waals surface area contributed by atoms with Crippen molar-refractivity contribution < 1.29 is 4.39 Å². The van der Waals surface area contributed by atoms with Crippen molar-refractivity contribution in [2.24, 2.45) is 7.05 Å². The van der Waals surface area contributed by atoms with E-state index in [9.17, 15) is 4.39 Å². The van der Waals surface area contributed by atoms with E-state index in [1.807, 2.05) is 22.4 Å². The van der Waals surface area contributed by atoms with E-state index >= 15 is 0 Å². The van der Waals surface area contributed by atoms with Crippen molar-refractivity contribution in [2.75, 3.05) is 5.73 Å². The Labute approximate surface area is 109 Å². The zero-order valence-corrected chi connectivity index (χ0v) is 10.8. The predicted molar refractivity (Wildman–Crippen MR) is 71.2 cm³/mol. The number of aromatic nitrogens is 4. The highest BCUT2D eigenvalue weighted by molar-refractivity contribution is 5.79. The average molecular weight is 259 g/mol. The molecule has 3 aromatic rings. The minimum absolute atomic E-state index is 0.269. The molecule has 6 heteroatoms. The Balaban J connectivity index is 2.15. The molecule has 0 spiro atoms. The maximum absolute atomic E-state index is 13.5. The second kappa shape index (κ2) is 4.08. The van der Waals surface area contributed by atoms with Gasteiger partial charge in [0.1, 0.15) is 11.6 Å².